The minimum absolute atomic E-state index is 0.0409. The van der Waals surface area contributed by atoms with Crippen LogP contribution < -0.4 is 9.47 Å². The SMILES string of the molecule is COc1ccc(COc2ccc(/C=C3/SC(=Nc4cccc(C(=O)N5CCOCC5)c4)N(C)C3=O)cc2)cc1. The molecule has 2 saturated heterocycles. The van der Waals surface area contributed by atoms with Gasteiger partial charge in [0, 0.05) is 25.7 Å². The fourth-order valence-corrected chi connectivity index (χ4v) is 5.11. The smallest absolute Gasteiger partial charge is 0.266 e. The highest BCUT2D eigenvalue weighted by Crippen LogP contribution is 2.33. The number of likely N-dealkylation sites (N-methyl/N-ethyl adjacent to an activating group) is 1. The molecule has 0 aromatic heterocycles. The largest absolute Gasteiger partial charge is 0.497 e. The van der Waals surface area contributed by atoms with Crippen molar-refractivity contribution in [1.29, 1.82) is 0 Å². The second-order valence-electron chi connectivity index (χ2n) is 9.03. The Morgan fingerprint density at radius 3 is 2.46 bits per heavy atom. The third-order valence-electron chi connectivity index (χ3n) is 6.36. The van der Waals surface area contributed by atoms with E-state index in [1.807, 2.05) is 66.7 Å². The van der Waals surface area contributed by atoms with E-state index >= 15 is 0 Å². The van der Waals surface area contributed by atoms with E-state index in [4.69, 9.17) is 14.2 Å². The minimum atomic E-state index is -0.126. The quantitative estimate of drug-likeness (QED) is 0.391. The van der Waals surface area contributed by atoms with Crippen molar-refractivity contribution < 1.29 is 23.8 Å². The molecule has 0 saturated carbocycles. The van der Waals surface area contributed by atoms with Gasteiger partial charge in [0.1, 0.15) is 18.1 Å². The van der Waals surface area contributed by atoms with Crippen molar-refractivity contribution in [2.75, 3.05) is 40.5 Å². The van der Waals surface area contributed by atoms with Crippen molar-refractivity contribution in [3.8, 4) is 11.5 Å². The fraction of sp³-hybridized carbons (Fsp3) is 0.233. The van der Waals surface area contributed by atoms with Crippen LogP contribution in [0.5, 0.6) is 11.5 Å². The maximum atomic E-state index is 12.9. The zero-order valence-corrected chi connectivity index (χ0v) is 22.6. The van der Waals surface area contributed by atoms with Crippen molar-refractivity contribution in [1.82, 2.24) is 9.80 Å². The van der Waals surface area contributed by atoms with Crippen molar-refractivity contribution >= 4 is 40.5 Å². The number of morpholine rings is 1. The van der Waals surface area contributed by atoms with Gasteiger partial charge in [-0.1, -0.05) is 30.3 Å². The summed E-state index contributed by atoms with van der Waals surface area (Å²) >= 11 is 1.31. The van der Waals surface area contributed by atoms with E-state index in [0.717, 1.165) is 22.6 Å². The lowest BCUT2D eigenvalue weighted by Gasteiger charge is -2.26. The number of hydrogen-bond donors (Lipinski definition) is 0. The topological polar surface area (TPSA) is 80.7 Å². The number of carbonyl (C=O) groups excluding carboxylic acids is 2. The lowest BCUT2D eigenvalue weighted by molar-refractivity contribution is -0.121. The van der Waals surface area contributed by atoms with Crippen LogP contribution in [0.25, 0.3) is 6.08 Å². The number of amidine groups is 1. The summed E-state index contributed by atoms with van der Waals surface area (Å²) < 4.78 is 16.4. The van der Waals surface area contributed by atoms with Crippen LogP contribution in [0.2, 0.25) is 0 Å². The molecule has 9 heteroatoms. The summed E-state index contributed by atoms with van der Waals surface area (Å²) in [5.74, 6) is 1.38. The van der Waals surface area contributed by atoms with Crippen molar-refractivity contribution in [3.05, 3.63) is 94.4 Å². The lowest BCUT2D eigenvalue weighted by atomic mass is 10.1. The molecule has 0 bridgehead atoms. The highest BCUT2D eigenvalue weighted by molar-refractivity contribution is 8.18. The Morgan fingerprint density at radius 1 is 1.03 bits per heavy atom. The van der Waals surface area contributed by atoms with Gasteiger partial charge in [-0.05, 0) is 71.4 Å². The van der Waals surface area contributed by atoms with Crippen LogP contribution in [0.15, 0.2) is 82.7 Å². The summed E-state index contributed by atoms with van der Waals surface area (Å²) in [5.41, 5.74) is 3.12. The van der Waals surface area contributed by atoms with Crippen LogP contribution in [-0.4, -0.2) is 67.2 Å². The van der Waals surface area contributed by atoms with E-state index < -0.39 is 0 Å². The van der Waals surface area contributed by atoms with Gasteiger partial charge in [0.25, 0.3) is 11.8 Å². The van der Waals surface area contributed by atoms with Gasteiger partial charge in [0.2, 0.25) is 0 Å². The third kappa shape index (κ3) is 6.50. The maximum absolute atomic E-state index is 12.9. The molecule has 2 aliphatic heterocycles. The Kier molecular flexibility index (Phi) is 8.29. The van der Waals surface area contributed by atoms with Gasteiger partial charge in [0.05, 0.1) is 30.9 Å². The Labute approximate surface area is 231 Å². The molecule has 0 aliphatic carbocycles. The van der Waals surface area contributed by atoms with Gasteiger partial charge in [-0.25, -0.2) is 4.99 Å². The van der Waals surface area contributed by atoms with Crippen molar-refractivity contribution in [2.45, 2.75) is 6.61 Å². The predicted molar refractivity (Wildman–Crippen MR) is 152 cm³/mol. The van der Waals surface area contributed by atoms with Gasteiger partial charge >= 0.3 is 0 Å². The highest BCUT2D eigenvalue weighted by atomic mass is 32.2. The molecule has 0 unspecified atom stereocenters. The zero-order chi connectivity index (χ0) is 27.2. The van der Waals surface area contributed by atoms with Gasteiger partial charge in [-0.3, -0.25) is 14.5 Å². The minimum Gasteiger partial charge on any atom is -0.497 e. The number of thioether (sulfide) groups is 1. The van der Waals surface area contributed by atoms with E-state index in [2.05, 4.69) is 4.99 Å². The Bertz CT molecular complexity index is 1400. The van der Waals surface area contributed by atoms with Gasteiger partial charge in [-0.15, -0.1) is 0 Å². The van der Waals surface area contributed by atoms with Crippen LogP contribution >= 0.6 is 11.8 Å². The molecule has 2 amide bonds. The first kappa shape index (κ1) is 26.5. The number of benzene rings is 3. The molecular weight excluding hydrogens is 514 g/mol. The molecule has 0 spiro atoms. The predicted octanol–water partition coefficient (Wildman–Crippen LogP) is 4.98. The van der Waals surface area contributed by atoms with Crippen molar-refractivity contribution in [2.24, 2.45) is 4.99 Å². The number of nitrogens with zero attached hydrogens (tertiary/aromatic N) is 3. The number of rotatable bonds is 7. The number of ether oxygens (including phenoxy) is 3. The van der Waals surface area contributed by atoms with Crippen LogP contribution in [0.3, 0.4) is 0 Å². The van der Waals surface area contributed by atoms with E-state index in [1.165, 1.54) is 16.7 Å². The van der Waals surface area contributed by atoms with Crippen LogP contribution in [0, 0.1) is 0 Å². The molecule has 3 aromatic rings. The van der Waals surface area contributed by atoms with E-state index in [0.29, 0.717) is 54.2 Å². The molecule has 39 heavy (non-hydrogen) atoms. The molecule has 5 rings (SSSR count). The zero-order valence-electron chi connectivity index (χ0n) is 21.8. The molecule has 0 atom stereocenters. The van der Waals surface area contributed by atoms with Gasteiger partial charge < -0.3 is 19.1 Å². The number of methoxy groups -OCH3 is 1. The fourth-order valence-electron chi connectivity index (χ4n) is 4.12. The number of aliphatic imine (C=N–C) groups is 1. The second kappa shape index (κ2) is 12.2. The first-order chi connectivity index (χ1) is 19.0. The molecule has 0 radical (unpaired) electrons. The molecule has 2 heterocycles. The number of carbonyl (C=O) groups is 2. The maximum Gasteiger partial charge on any atom is 0.266 e. The lowest BCUT2D eigenvalue weighted by Crippen LogP contribution is -2.40. The molecular formula is C30H29N3O5S. The molecule has 200 valence electrons. The molecule has 8 nitrogen and oxygen atoms in total. The Balaban J connectivity index is 1.24. The third-order valence-corrected chi connectivity index (χ3v) is 7.42. The summed E-state index contributed by atoms with van der Waals surface area (Å²) in [6.07, 6.45) is 1.84. The number of hydrogen-bond acceptors (Lipinski definition) is 7. The summed E-state index contributed by atoms with van der Waals surface area (Å²) in [6.45, 7) is 2.70. The van der Waals surface area contributed by atoms with E-state index in [1.54, 1.807) is 31.2 Å². The highest BCUT2D eigenvalue weighted by Gasteiger charge is 2.30. The Hall–Kier alpha value is -4.08. The summed E-state index contributed by atoms with van der Waals surface area (Å²) in [7, 11) is 3.34. The second-order valence-corrected chi connectivity index (χ2v) is 10.0. The summed E-state index contributed by atoms with van der Waals surface area (Å²) in [5, 5.41) is 0.557. The normalized spacial score (nSPS) is 17.6. The monoisotopic (exact) mass is 543 g/mol. The average Bonchev–Trinajstić information content (AvgIpc) is 3.24. The molecule has 0 N–H and O–H groups in total. The molecule has 3 aromatic carbocycles. The molecule has 2 aliphatic rings. The first-order valence-corrected chi connectivity index (χ1v) is 13.4. The van der Waals surface area contributed by atoms with Crippen LogP contribution in [0.1, 0.15) is 21.5 Å². The van der Waals surface area contributed by atoms with Gasteiger partial charge in [0.15, 0.2) is 5.17 Å². The standard InChI is InChI=1S/C30H29N3O5S/c1-32-29(35)27(18-21-6-12-26(13-7-21)38-20-22-8-10-25(36-2)11-9-22)39-30(32)31-24-5-3-4-23(19-24)28(34)33-14-16-37-17-15-33/h3-13,18-19H,14-17,20H2,1-2H3/b27-18+,31-30?. The Morgan fingerprint density at radius 2 is 1.74 bits per heavy atom. The van der Waals surface area contributed by atoms with Crippen LogP contribution in [0.4, 0.5) is 5.69 Å². The van der Waals surface area contributed by atoms with Crippen LogP contribution in [-0.2, 0) is 16.1 Å². The first-order valence-electron chi connectivity index (χ1n) is 12.6. The van der Waals surface area contributed by atoms with Crippen molar-refractivity contribution in [3.63, 3.8) is 0 Å². The van der Waals surface area contributed by atoms with Gasteiger partial charge in [-0.2, -0.15) is 0 Å². The average molecular weight is 544 g/mol. The van der Waals surface area contributed by atoms with E-state index in [9.17, 15) is 9.59 Å². The summed E-state index contributed by atoms with van der Waals surface area (Å²) in [4.78, 5) is 34.3. The summed E-state index contributed by atoms with van der Waals surface area (Å²) in [6, 6.07) is 22.5. The van der Waals surface area contributed by atoms with E-state index in [-0.39, 0.29) is 11.8 Å². The molecule has 2 fully saturated rings. The number of amides is 2.